The molecular weight excluding hydrogens is 220 g/mol. The number of methoxy groups -OCH3 is 1. The number of allylic oxidation sites excluding steroid dienone is 1. The maximum absolute atomic E-state index is 5.74. The smallest absolute Gasteiger partial charge is 0.0642 e. The minimum atomic E-state index is 0.348. The van der Waals surface area contributed by atoms with Crippen LogP contribution in [0.2, 0.25) is 0 Å². The summed E-state index contributed by atoms with van der Waals surface area (Å²) in [4.78, 5) is 0. The zero-order valence-corrected chi connectivity index (χ0v) is 13.5. The van der Waals surface area contributed by atoms with Crippen LogP contribution in [0.25, 0.3) is 0 Å². The molecule has 0 amide bonds. The van der Waals surface area contributed by atoms with Gasteiger partial charge in [-0.15, -0.1) is 0 Å². The van der Waals surface area contributed by atoms with Gasteiger partial charge in [0, 0.05) is 7.11 Å². The number of rotatable bonds is 5. The lowest BCUT2D eigenvalue weighted by molar-refractivity contribution is -0.00878. The minimum Gasteiger partial charge on any atom is -0.381 e. The van der Waals surface area contributed by atoms with Gasteiger partial charge < -0.3 is 4.74 Å². The maximum atomic E-state index is 5.74. The van der Waals surface area contributed by atoms with Crippen molar-refractivity contribution in [2.45, 2.75) is 73.3 Å². The van der Waals surface area contributed by atoms with E-state index in [1.807, 2.05) is 7.11 Å². The third-order valence-corrected chi connectivity index (χ3v) is 5.46. The van der Waals surface area contributed by atoms with Crippen LogP contribution in [0.3, 0.4) is 0 Å². The molecule has 0 N–H and O–H groups in total. The SMILES string of the molecule is CCC(C)(C)C1=CCC(OC)[C@H](C(C)(C)CC)C1. The highest BCUT2D eigenvalue weighted by Crippen LogP contribution is 2.46. The summed E-state index contributed by atoms with van der Waals surface area (Å²) in [5.41, 5.74) is 2.36. The van der Waals surface area contributed by atoms with Crippen LogP contribution in [0, 0.1) is 16.7 Å². The van der Waals surface area contributed by atoms with E-state index < -0.39 is 0 Å². The second kappa shape index (κ2) is 5.77. The molecule has 1 rings (SSSR count). The maximum Gasteiger partial charge on any atom is 0.0642 e. The van der Waals surface area contributed by atoms with Crippen molar-refractivity contribution in [1.29, 1.82) is 0 Å². The third-order valence-electron chi connectivity index (χ3n) is 5.46. The molecule has 0 fully saturated rings. The third kappa shape index (κ3) is 3.17. The van der Waals surface area contributed by atoms with Gasteiger partial charge in [0.05, 0.1) is 6.10 Å². The molecule has 0 saturated carbocycles. The van der Waals surface area contributed by atoms with E-state index in [1.54, 1.807) is 5.57 Å². The molecule has 0 heterocycles. The highest BCUT2D eigenvalue weighted by molar-refractivity contribution is 5.18. The summed E-state index contributed by atoms with van der Waals surface area (Å²) >= 11 is 0. The largest absolute Gasteiger partial charge is 0.381 e. The Morgan fingerprint density at radius 1 is 1.17 bits per heavy atom. The van der Waals surface area contributed by atoms with Crippen molar-refractivity contribution in [3.8, 4) is 0 Å². The summed E-state index contributed by atoms with van der Waals surface area (Å²) in [5, 5.41) is 0. The predicted molar refractivity (Wildman–Crippen MR) is 79.7 cm³/mol. The molecule has 1 unspecified atom stereocenters. The van der Waals surface area contributed by atoms with Gasteiger partial charge in [0.15, 0.2) is 0 Å². The molecule has 0 aromatic carbocycles. The second-order valence-corrected chi connectivity index (χ2v) is 7.13. The summed E-state index contributed by atoms with van der Waals surface area (Å²) in [6.45, 7) is 14.1. The van der Waals surface area contributed by atoms with Gasteiger partial charge in [-0.25, -0.2) is 0 Å². The fourth-order valence-electron chi connectivity index (χ4n) is 2.96. The van der Waals surface area contributed by atoms with Gasteiger partial charge in [-0.05, 0) is 36.0 Å². The molecule has 0 aliphatic heterocycles. The molecule has 0 aromatic rings. The molecule has 2 atom stereocenters. The number of ether oxygens (including phenoxy) is 1. The summed E-state index contributed by atoms with van der Waals surface area (Å²) in [6.07, 6.45) is 7.58. The average Bonchev–Trinajstić information content (AvgIpc) is 2.37. The Balaban J connectivity index is 2.96. The summed E-state index contributed by atoms with van der Waals surface area (Å²) in [6, 6.07) is 0. The molecule has 0 spiro atoms. The van der Waals surface area contributed by atoms with Crippen molar-refractivity contribution in [2.24, 2.45) is 16.7 Å². The highest BCUT2D eigenvalue weighted by Gasteiger charge is 2.39. The zero-order valence-electron chi connectivity index (χ0n) is 13.5. The van der Waals surface area contributed by atoms with E-state index in [-0.39, 0.29) is 0 Å². The molecule has 1 aliphatic carbocycles. The van der Waals surface area contributed by atoms with E-state index in [0.29, 0.717) is 22.9 Å². The lowest BCUT2D eigenvalue weighted by Gasteiger charge is -2.44. The molecule has 0 radical (unpaired) electrons. The Morgan fingerprint density at radius 3 is 2.22 bits per heavy atom. The molecular formula is C17H32O. The van der Waals surface area contributed by atoms with Crippen LogP contribution in [0.15, 0.2) is 11.6 Å². The Labute approximate surface area is 114 Å². The lowest BCUT2D eigenvalue weighted by atomic mass is 9.64. The van der Waals surface area contributed by atoms with Gasteiger partial charge in [0.25, 0.3) is 0 Å². The van der Waals surface area contributed by atoms with Gasteiger partial charge in [0.2, 0.25) is 0 Å². The van der Waals surface area contributed by atoms with Crippen LogP contribution in [0.1, 0.15) is 67.2 Å². The monoisotopic (exact) mass is 252 g/mol. The zero-order chi connectivity index (χ0) is 14.0. The van der Waals surface area contributed by atoms with Crippen LogP contribution in [0.4, 0.5) is 0 Å². The lowest BCUT2D eigenvalue weighted by Crippen LogP contribution is -2.38. The van der Waals surface area contributed by atoms with Gasteiger partial charge in [-0.3, -0.25) is 0 Å². The number of hydrogen-bond donors (Lipinski definition) is 0. The first-order chi connectivity index (χ1) is 8.28. The van der Waals surface area contributed by atoms with Crippen LogP contribution >= 0.6 is 0 Å². The first-order valence-corrected chi connectivity index (χ1v) is 7.50. The van der Waals surface area contributed by atoms with Gasteiger partial charge in [-0.1, -0.05) is 59.6 Å². The van der Waals surface area contributed by atoms with Crippen molar-refractivity contribution in [2.75, 3.05) is 7.11 Å². The standard InChI is InChI=1S/C17H32O/c1-8-16(3,4)13-10-11-15(18-7)14(12-13)17(5,6)9-2/h10,14-15H,8-9,11-12H2,1-7H3/t14-,15?/m1/s1. The Hall–Kier alpha value is -0.300. The van der Waals surface area contributed by atoms with Crippen molar-refractivity contribution >= 4 is 0 Å². The van der Waals surface area contributed by atoms with E-state index in [0.717, 1.165) is 6.42 Å². The van der Waals surface area contributed by atoms with Crippen LogP contribution < -0.4 is 0 Å². The van der Waals surface area contributed by atoms with Crippen molar-refractivity contribution < 1.29 is 4.74 Å². The molecule has 1 heteroatoms. The van der Waals surface area contributed by atoms with Gasteiger partial charge in [-0.2, -0.15) is 0 Å². The molecule has 1 aliphatic rings. The van der Waals surface area contributed by atoms with E-state index in [4.69, 9.17) is 4.74 Å². The average molecular weight is 252 g/mol. The van der Waals surface area contributed by atoms with E-state index in [2.05, 4.69) is 47.6 Å². The van der Waals surface area contributed by atoms with Crippen LogP contribution in [-0.4, -0.2) is 13.2 Å². The van der Waals surface area contributed by atoms with Crippen molar-refractivity contribution in [3.05, 3.63) is 11.6 Å². The Kier molecular flexibility index (Phi) is 5.05. The Bertz CT molecular complexity index is 299. The summed E-state index contributed by atoms with van der Waals surface area (Å²) in [7, 11) is 1.87. The first kappa shape index (κ1) is 15.8. The normalized spacial score (nSPS) is 26.1. The topological polar surface area (TPSA) is 9.23 Å². The van der Waals surface area contributed by atoms with Gasteiger partial charge in [0.1, 0.15) is 0 Å². The van der Waals surface area contributed by atoms with Crippen molar-refractivity contribution in [1.82, 2.24) is 0 Å². The quantitative estimate of drug-likeness (QED) is 0.610. The van der Waals surface area contributed by atoms with Crippen molar-refractivity contribution in [3.63, 3.8) is 0 Å². The molecule has 0 bridgehead atoms. The molecule has 106 valence electrons. The minimum absolute atomic E-state index is 0.348. The number of hydrogen-bond acceptors (Lipinski definition) is 1. The summed E-state index contributed by atoms with van der Waals surface area (Å²) < 4.78 is 5.74. The van der Waals surface area contributed by atoms with E-state index >= 15 is 0 Å². The van der Waals surface area contributed by atoms with Crippen LogP contribution in [0.5, 0.6) is 0 Å². The Morgan fingerprint density at radius 2 is 1.78 bits per heavy atom. The fourth-order valence-corrected chi connectivity index (χ4v) is 2.96. The van der Waals surface area contributed by atoms with Gasteiger partial charge >= 0.3 is 0 Å². The molecule has 0 saturated heterocycles. The van der Waals surface area contributed by atoms with E-state index in [1.165, 1.54) is 19.3 Å². The predicted octanol–water partition coefficient (Wildman–Crippen LogP) is 5.21. The fraction of sp³-hybridized carbons (Fsp3) is 0.882. The molecule has 0 aromatic heterocycles. The first-order valence-electron chi connectivity index (χ1n) is 7.50. The van der Waals surface area contributed by atoms with E-state index in [9.17, 15) is 0 Å². The highest BCUT2D eigenvalue weighted by atomic mass is 16.5. The molecule has 18 heavy (non-hydrogen) atoms. The van der Waals surface area contributed by atoms with Crippen LogP contribution in [-0.2, 0) is 4.74 Å². The molecule has 1 nitrogen and oxygen atoms in total. The second-order valence-electron chi connectivity index (χ2n) is 7.13. The summed E-state index contributed by atoms with van der Waals surface area (Å²) in [5.74, 6) is 0.651.